The van der Waals surface area contributed by atoms with Crippen molar-refractivity contribution in [3.8, 4) is 45.9 Å². The Morgan fingerprint density at radius 3 is 1.06 bits per heavy atom. The van der Waals surface area contributed by atoms with Crippen LogP contribution in [0.5, 0.6) is 0 Å². The molecule has 0 aliphatic rings. The van der Waals surface area contributed by atoms with Crippen LogP contribution < -0.4 is 0 Å². The normalized spacial score (nSPS) is 12.5. The molecule has 0 bridgehead atoms. The smallest absolute Gasteiger partial charge is 0.438 e. The number of aliphatic hydroxyl groups is 2. The molecule has 83 heavy (non-hydrogen) atoms. The number of pyridine rings is 2. The number of carboxylic acid groups (broad SMARTS) is 1. The lowest BCUT2D eigenvalue weighted by Gasteiger charge is -2.34. The molecule has 0 unspecified atom stereocenters. The molecule has 6 aromatic rings. The zero-order chi connectivity index (χ0) is 62.3. The molecule has 0 saturated heterocycles. The summed E-state index contributed by atoms with van der Waals surface area (Å²) in [5.41, 5.74) is -0.606. The van der Waals surface area contributed by atoms with Gasteiger partial charge in [0.1, 0.15) is 0 Å². The molecule has 442 valence electrons. The Balaban J connectivity index is 0.000000304. The minimum Gasteiger partial charge on any atom is -0.481 e. The average Bonchev–Trinajstić information content (AvgIpc) is 2.23. The van der Waals surface area contributed by atoms with Gasteiger partial charge in [-0.25, -0.2) is 0 Å². The van der Waals surface area contributed by atoms with Crippen molar-refractivity contribution < 1.29 is 82.3 Å². The lowest BCUT2D eigenvalue weighted by Crippen LogP contribution is -2.55. The summed E-state index contributed by atoms with van der Waals surface area (Å²) in [6, 6.07) is 25.0. The minimum absolute atomic E-state index is 0.0577. The van der Waals surface area contributed by atoms with E-state index in [-0.39, 0.29) is 29.9 Å². The molecule has 3 N–H and O–H groups in total. The van der Waals surface area contributed by atoms with Crippen LogP contribution in [0.3, 0.4) is 0 Å². The molecule has 0 fully saturated rings. The van der Waals surface area contributed by atoms with Crippen LogP contribution in [0.2, 0.25) is 0 Å². The van der Waals surface area contributed by atoms with Crippen LogP contribution in [0.4, 0.5) is 52.7 Å². The van der Waals surface area contributed by atoms with Gasteiger partial charge in [-0.05, 0) is 156 Å². The maximum Gasteiger partial charge on any atom is 0.438 e. The third kappa shape index (κ3) is 14.1. The van der Waals surface area contributed by atoms with E-state index in [1.807, 2.05) is 95.8 Å². The van der Waals surface area contributed by atoms with Crippen molar-refractivity contribution in [2.75, 3.05) is 7.11 Å². The van der Waals surface area contributed by atoms with Crippen LogP contribution in [0.25, 0.3) is 22.3 Å². The van der Waals surface area contributed by atoms with E-state index in [1.165, 1.54) is 32.4 Å². The van der Waals surface area contributed by atoms with Crippen LogP contribution in [0, 0.1) is 51.4 Å². The van der Waals surface area contributed by atoms with Crippen molar-refractivity contribution in [1.29, 1.82) is 0 Å². The molecule has 4 aromatic carbocycles. The highest BCUT2D eigenvalue weighted by molar-refractivity contribution is 5.75. The first-order valence-corrected chi connectivity index (χ1v) is 25.9. The van der Waals surface area contributed by atoms with E-state index >= 15 is 0 Å². The van der Waals surface area contributed by atoms with E-state index in [0.717, 1.165) is 67.5 Å². The number of carbonyl (C=O) groups excluding carboxylic acids is 1. The number of carbonyl (C=O) groups is 2. The summed E-state index contributed by atoms with van der Waals surface area (Å²) in [6.07, 6.45) is -15.1. The number of rotatable bonds is 14. The zero-order valence-electron chi connectivity index (χ0n) is 46.6. The Morgan fingerprint density at radius 1 is 0.470 bits per heavy atom. The van der Waals surface area contributed by atoms with Crippen molar-refractivity contribution in [1.82, 2.24) is 9.97 Å². The summed E-state index contributed by atoms with van der Waals surface area (Å²) in [7, 11) is 1.32. The molecule has 8 nitrogen and oxygen atoms in total. The second kappa shape index (κ2) is 25.4. The van der Waals surface area contributed by atoms with Crippen molar-refractivity contribution in [2.24, 2.45) is 0 Å². The van der Waals surface area contributed by atoms with Crippen molar-refractivity contribution >= 4 is 11.9 Å². The van der Waals surface area contributed by atoms with Crippen LogP contribution in [0.15, 0.2) is 110 Å². The van der Waals surface area contributed by atoms with Gasteiger partial charge in [0, 0.05) is 57.9 Å². The molecule has 0 radical (unpaired) electrons. The van der Waals surface area contributed by atoms with Gasteiger partial charge in [-0.15, -0.1) is 0 Å². The van der Waals surface area contributed by atoms with Crippen molar-refractivity contribution in [2.45, 2.75) is 141 Å². The number of nitrogens with zero attached hydrogens (tertiary/aromatic N) is 2. The Kier molecular flexibility index (Phi) is 20.3. The van der Waals surface area contributed by atoms with Gasteiger partial charge in [0.05, 0.1) is 20.0 Å². The lowest BCUT2D eigenvalue weighted by molar-refractivity contribution is -0.344. The number of esters is 1. The number of carboxylic acids is 1. The fourth-order valence-electron chi connectivity index (χ4n) is 10.0. The first-order valence-electron chi connectivity index (χ1n) is 25.9. The first-order chi connectivity index (χ1) is 38.5. The maximum absolute atomic E-state index is 13.1. The number of aliphatic carboxylic acids is 1. The topological polar surface area (TPSA) is 130 Å². The summed E-state index contributed by atoms with van der Waals surface area (Å²) >= 11 is 0. The van der Waals surface area contributed by atoms with E-state index in [0.29, 0.717) is 47.9 Å². The second-order valence-corrected chi connectivity index (χ2v) is 20.1. The van der Waals surface area contributed by atoms with Gasteiger partial charge in [0.25, 0.3) is 0 Å². The summed E-state index contributed by atoms with van der Waals surface area (Å²) in [4.78, 5) is 31.2. The van der Waals surface area contributed by atoms with Gasteiger partial charge in [-0.1, -0.05) is 100 Å². The highest BCUT2D eigenvalue weighted by Crippen LogP contribution is 2.46. The number of benzene rings is 4. The number of hydrogen-bond acceptors (Lipinski definition) is 7. The first kappa shape index (κ1) is 66.1. The Hall–Kier alpha value is -7.68. The predicted molar refractivity (Wildman–Crippen MR) is 289 cm³/mol. The number of halogens is 12. The molecule has 0 spiro atoms. The number of hydrogen-bond donors (Lipinski definition) is 3. The van der Waals surface area contributed by atoms with E-state index in [4.69, 9.17) is 9.84 Å². The molecule has 2 aromatic heterocycles. The molecule has 0 atom stereocenters. The Labute approximate surface area is 473 Å². The average molecular weight is 1170 g/mol. The number of methoxy groups -OCH3 is 1. The Bertz CT molecular complexity index is 3430. The number of aromatic nitrogens is 2. The van der Waals surface area contributed by atoms with E-state index in [9.17, 15) is 72.5 Å². The van der Waals surface area contributed by atoms with Gasteiger partial charge < -0.3 is 20.1 Å². The summed E-state index contributed by atoms with van der Waals surface area (Å²) in [6.45, 7) is 14.9. The maximum atomic E-state index is 13.1. The molecule has 20 heteroatoms. The molecule has 0 amide bonds. The van der Waals surface area contributed by atoms with Gasteiger partial charge in [0.2, 0.25) is 0 Å². The van der Waals surface area contributed by atoms with Gasteiger partial charge in [-0.2, -0.15) is 52.7 Å². The molecule has 0 aliphatic carbocycles. The zero-order valence-corrected chi connectivity index (χ0v) is 46.6. The van der Waals surface area contributed by atoms with Crippen molar-refractivity contribution in [3.63, 3.8) is 0 Å². The fourth-order valence-corrected chi connectivity index (χ4v) is 10.0. The molecule has 0 aliphatic heterocycles. The van der Waals surface area contributed by atoms with E-state index in [1.54, 1.807) is 55.8 Å². The summed E-state index contributed by atoms with van der Waals surface area (Å²) in [5, 5.41) is 27.9. The van der Waals surface area contributed by atoms with E-state index in [2.05, 4.69) is 9.97 Å². The fraction of sp³-hybridized carbons (Fsp3) is 0.365. The number of alkyl halides is 12. The van der Waals surface area contributed by atoms with Crippen molar-refractivity contribution in [3.05, 3.63) is 176 Å². The highest BCUT2D eigenvalue weighted by Gasteiger charge is 2.71. The second-order valence-electron chi connectivity index (χ2n) is 20.1. The molecular formula is C63H60F12N2O6. The molecule has 6 rings (SSSR count). The molecule has 2 heterocycles. The third-order valence-corrected chi connectivity index (χ3v) is 15.1. The number of ether oxygens (including phenoxy) is 1. The molecule has 0 saturated carbocycles. The van der Waals surface area contributed by atoms with Crippen LogP contribution in [-0.2, 0) is 38.0 Å². The third-order valence-electron chi connectivity index (χ3n) is 15.1. The quantitative estimate of drug-likeness (QED) is 0.0559. The predicted octanol–water partition coefficient (Wildman–Crippen LogP) is 14.7. The molecular weight excluding hydrogens is 1110 g/mol. The monoisotopic (exact) mass is 1170 g/mol. The largest absolute Gasteiger partial charge is 0.481 e. The van der Waals surface area contributed by atoms with Crippen LogP contribution >= 0.6 is 0 Å². The number of aryl methyl sites for hydroxylation is 4. The summed E-state index contributed by atoms with van der Waals surface area (Å²) in [5.74, 6) is 4.49. The van der Waals surface area contributed by atoms with Gasteiger partial charge in [-0.3, -0.25) is 19.6 Å². The van der Waals surface area contributed by atoms with Crippen LogP contribution in [0.1, 0.15) is 120 Å². The van der Waals surface area contributed by atoms with Gasteiger partial charge in [0.15, 0.2) is 0 Å². The minimum atomic E-state index is -6.02. The van der Waals surface area contributed by atoms with E-state index < -0.39 is 52.7 Å². The van der Waals surface area contributed by atoms with Gasteiger partial charge >= 0.3 is 47.8 Å². The standard InChI is InChI=1S/C32H31F6NO3.C31H29F6NO3/c1-6-29(7-2,25-9-8-23(20(3)14-25)12-13-30(41,31(33,34)35)32(36,37)38)26-10-11-27(21(4)15-26)24-16-22(18-39-19-24)17-28(40)42-5;1-5-28(6-2,25-9-10-26(20(4)14-25)23-15-21(16-27(39)40)17-38-18-23)24-8-7-22(19(3)13-24)11-12-29(41,30(32,33)34)31(35,36)37/h8-11,14-16,18-19,41H,6-7,17H2,1-5H3;7-10,13-15,17-18,41H,5-6,16H2,1-4H3,(H,39,40). The van der Waals surface area contributed by atoms with Crippen LogP contribution in [-0.4, -0.2) is 80.2 Å². The summed E-state index contributed by atoms with van der Waals surface area (Å²) < 4.78 is 161. The lowest BCUT2D eigenvalue weighted by atomic mass is 9.69. The SMILES string of the molecule is CCC(CC)(c1ccc(C#CC(O)(C(F)(F)F)C(F)(F)F)c(C)c1)c1ccc(-c2cncc(CC(=O)O)c2)c(C)c1.CCC(CC)(c1ccc(C#CC(O)(C(F)(F)F)C(F)(F)F)c(C)c1)c1ccc(-c2cncc(CC(=O)OC)c2)c(C)c1. The Morgan fingerprint density at radius 2 is 0.783 bits per heavy atom. The highest BCUT2D eigenvalue weighted by atomic mass is 19.4.